The normalized spacial score (nSPS) is 10.7. The van der Waals surface area contributed by atoms with E-state index in [1.807, 2.05) is 54.6 Å². The number of rotatable bonds is 5. The molecule has 0 saturated carbocycles. The summed E-state index contributed by atoms with van der Waals surface area (Å²) in [7, 11) is 0. The van der Waals surface area contributed by atoms with E-state index >= 15 is 0 Å². The Morgan fingerprint density at radius 3 is 1.97 bits per heavy atom. The molecule has 34 heavy (non-hydrogen) atoms. The van der Waals surface area contributed by atoms with Crippen molar-refractivity contribution in [3.05, 3.63) is 123 Å². The summed E-state index contributed by atoms with van der Waals surface area (Å²) in [6.45, 7) is 0.391. The van der Waals surface area contributed by atoms with Crippen molar-refractivity contribution in [2.24, 2.45) is 0 Å². The van der Waals surface area contributed by atoms with E-state index in [0.717, 1.165) is 10.2 Å². The topological polar surface area (TPSA) is 106 Å². The van der Waals surface area contributed by atoms with Crippen LogP contribution in [0.25, 0.3) is 22.4 Å². The highest BCUT2D eigenvalue weighted by molar-refractivity contribution is 5.80. The fourth-order valence-corrected chi connectivity index (χ4v) is 3.69. The molecule has 5 rings (SSSR count). The quantitative estimate of drug-likeness (QED) is 0.444. The summed E-state index contributed by atoms with van der Waals surface area (Å²) in [5.41, 5.74) is 0.524. The first kappa shape index (κ1) is 20.8. The van der Waals surface area contributed by atoms with Crippen LogP contribution in [0.15, 0.2) is 101 Å². The van der Waals surface area contributed by atoms with Crippen LogP contribution in [0.3, 0.4) is 0 Å². The van der Waals surface area contributed by atoms with Gasteiger partial charge in [-0.3, -0.25) is 9.59 Å². The van der Waals surface area contributed by atoms with Crippen LogP contribution in [0.2, 0.25) is 0 Å². The van der Waals surface area contributed by atoms with E-state index in [1.165, 1.54) is 4.57 Å². The number of anilines is 1. The number of hydrogen-bond donors (Lipinski definition) is 1. The van der Waals surface area contributed by atoms with Crippen molar-refractivity contribution in [2.45, 2.75) is 6.54 Å². The Labute approximate surface area is 194 Å². The van der Waals surface area contributed by atoms with E-state index in [0.29, 0.717) is 17.9 Å². The van der Waals surface area contributed by atoms with Gasteiger partial charge in [0.25, 0.3) is 11.1 Å². The molecular formula is C26H18N6O2. The summed E-state index contributed by atoms with van der Waals surface area (Å²) in [6.07, 6.45) is 0. The second kappa shape index (κ2) is 8.84. The zero-order valence-electron chi connectivity index (χ0n) is 17.9. The van der Waals surface area contributed by atoms with Crippen LogP contribution in [0.1, 0.15) is 11.1 Å². The van der Waals surface area contributed by atoms with Gasteiger partial charge in [-0.15, -0.1) is 0 Å². The molecule has 5 aromatic rings. The van der Waals surface area contributed by atoms with E-state index < -0.39 is 11.1 Å². The van der Waals surface area contributed by atoms with Gasteiger partial charge < -0.3 is 5.32 Å². The predicted octanol–water partition coefficient (Wildman–Crippen LogP) is 3.42. The zero-order chi connectivity index (χ0) is 23.5. The lowest BCUT2D eigenvalue weighted by atomic mass is 10.2. The third kappa shape index (κ3) is 3.72. The molecule has 2 aromatic heterocycles. The molecule has 2 heterocycles. The molecule has 8 heteroatoms. The Kier molecular flexibility index (Phi) is 5.42. The molecule has 3 aromatic carbocycles. The number of nitrogens with one attached hydrogen (secondary N) is 1. The van der Waals surface area contributed by atoms with Crippen LogP contribution in [0, 0.1) is 11.3 Å². The first-order valence-corrected chi connectivity index (χ1v) is 10.6. The molecule has 0 saturated heterocycles. The lowest BCUT2D eigenvalue weighted by Crippen LogP contribution is -2.30. The lowest BCUT2D eigenvalue weighted by Gasteiger charge is -2.16. The van der Waals surface area contributed by atoms with Crippen molar-refractivity contribution < 1.29 is 0 Å². The van der Waals surface area contributed by atoms with Crippen LogP contribution < -0.4 is 16.4 Å². The highest BCUT2D eigenvalue weighted by atomic mass is 16.1. The molecule has 164 valence electrons. The molecule has 0 radical (unpaired) electrons. The molecule has 0 atom stereocenters. The third-order valence-corrected chi connectivity index (χ3v) is 5.32. The predicted molar refractivity (Wildman–Crippen MR) is 129 cm³/mol. The Balaban J connectivity index is 1.78. The summed E-state index contributed by atoms with van der Waals surface area (Å²) in [5.74, 6) is 0.211. The maximum atomic E-state index is 13.7. The van der Waals surface area contributed by atoms with Crippen molar-refractivity contribution in [3.8, 4) is 17.4 Å². The van der Waals surface area contributed by atoms with Crippen LogP contribution >= 0.6 is 0 Å². The summed E-state index contributed by atoms with van der Waals surface area (Å²) < 4.78 is 2.47. The third-order valence-electron chi connectivity index (χ3n) is 5.32. The average molecular weight is 446 g/mol. The first-order chi connectivity index (χ1) is 16.7. The van der Waals surface area contributed by atoms with Gasteiger partial charge in [-0.05, 0) is 29.8 Å². The van der Waals surface area contributed by atoms with Crippen molar-refractivity contribution >= 4 is 17.0 Å². The van der Waals surface area contributed by atoms with Gasteiger partial charge in [0, 0.05) is 6.54 Å². The standard InChI is InChI=1S/C26H18N6O2/c27-16-21-22-23(30-32(24(21)33)20-14-8-3-9-15-20)25(34)31(19-12-6-2-7-13-19)26(29-22)28-17-18-10-4-1-5-11-18/h1-15H,17H2,(H,28,29). The number of benzene rings is 3. The second-order valence-corrected chi connectivity index (χ2v) is 7.49. The average Bonchev–Trinajstić information content (AvgIpc) is 2.89. The highest BCUT2D eigenvalue weighted by Gasteiger charge is 2.21. The van der Waals surface area contributed by atoms with Gasteiger partial charge in [-0.2, -0.15) is 15.0 Å². The van der Waals surface area contributed by atoms with E-state index in [-0.39, 0.29) is 22.5 Å². The molecule has 0 unspecified atom stereocenters. The largest absolute Gasteiger partial charge is 0.351 e. The number of nitriles is 1. The lowest BCUT2D eigenvalue weighted by molar-refractivity contribution is 0.813. The van der Waals surface area contributed by atoms with Crippen LogP contribution in [-0.2, 0) is 6.54 Å². The van der Waals surface area contributed by atoms with Gasteiger partial charge in [0.15, 0.2) is 5.52 Å². The van der Waals surface area contributed by atoms with E-state index in [1.54, 1.807) is 42.5 Å². The molecule has 0 fully saturated rings. The van der Waals surface area contributed by atoms with Gasteiger partial charge >= 0.3 is 0 Å². The SMILES string of the molecule is N#Cc1c(=O)n(-c2ccccc2)nc2c(=O)n(-c3ccccc3)c(NCc3ccccc3)nc12. The van der Waals surface area contributed by atoms with E-state index in [9.17, 15) is 14.9 Å². The summed E-state index contributed by atoms with van der Waals surface area (Å²) in [6, 6.07) is 29.2. The summed E-state index contributed by atoms with van der Waals surface area (Å²) in [5, 5.41) is 17.3. The molecule has 8 nitrogen and oxygen atoms in total. The first-order valence-electron chi connectivity index (χ1n) is 10.6. The number of fused-ring (bicyclic) bond motifs is 1. The Morgan fingerprint density at radius 2 is 1.35 bits per heavy atom. The van der Waals surface area contributed by atoms with Crippen molar-refractivity contribution in [1.82, 2.24) is 19.3 Å². The summed E-state index contributed by atoms with van der Waals surface area (Å²) in [4.78, 5) is 31.3. The van der Waals surface area contributed by atoms with Crippen LogP contribution in [0.5, 0.6) is 0 Å². The van der Waals surface area contributed by atoms with Crippen molar-refractivity contribution in [1.29, 1.82) is 5.26 Å². The van der Waals surface area contributed by atoms with Gasteiger partial charge in [-0.1, -0.05) is 66.7 Å². The number of nitrogens with zero attached hydrogens (tertiary/aromatic N) is 5. The zero-order valence-corrected chi connectivity index (χ0v) is 17.9. The number of hydrogen-bond acceptors (Lipinski definition) is 6. The Morgan fingerprint density at radius 1 is 0.765 bits per heavy atom. The highest BCUT2D eigenvalue weighted by Crippen LogP contribution is 2.18. The molecule has 0 spiro atoms. The molecule has 1 N–H and O–H groups in total. The van der Waals surface area contributed by atoms with Gasteiger partial charge in [0.05, 0.1) is 11.4 Å². The minimum absolute atomic E-state index is 0.0348. The molecule has 0 aliphatic carbocycles. The van der Waals surface area contributed by atoms with Crippen molar-refractivity contribution in [2.75, 3.05) is 5.32 Å². The Bertz CT molecular complexity index is 1640. The molecule has 0 aliphatic heterocycles. The van der Waals surface area contributed by atoms with Gasteiger partial charge in [0.2, 0.25) is 5.95 Å². The molecule has 0 amide bonds. The minimum Gasteiger partial charge on any atom is -0.351 e. The van der Waals surface area contributed by atoms with Crippen LogP contribution in [0.4, 0.5) is 5.95 Å². The van der Waals surface area contributed by atoms with Crippen molar-refractivity contribution in [3.63, 3.8) is 0 Å². The fourth-order valence-electron chi connectivity index (χ4n) is 3.69. The monoisotopic (exact) mass is 446 g/mol. The van der Waals surface area contributed by atoms with E-state index in [4.69, 9.17) is 0 Å². The second-order valence-electron chi connectivity index (χ2n) is 7.49. The minimum atomic E-state index is -0.639. The van der Waals surface area contributed by atoms with E-state index in [2.05, 4.69) is 15.4 Å². The van der Waals surface area contributed by atoms with Gasteiger partial charge in [-0.25, -0.2) is 9.55 Å². The fraction of sp³-hybridized carbons (Fsp3) is 0.0385. The van der Waals surface area contributed by atoms with Gasteiger partial charge in [0.1, 0.15) is 17.1 Å². The Hall–Kier alpha value is -5.03. The van der Waals surface area contributed by atoms with Crippen LogP contribution in [-0.4, -0.2) is 19.3 Å². The smallest absolute Gasteiger partial charge is 0.291 e. The number of para-hydroxylation sites is 2. The summed E-state index contributed by atoms with van der Waals surface area (Å²) >= 11 is 0. The molecular weight excluding hydrogens is 428 g/mol. The maximum absolute atomic E-state index is 13.7. The maximum Gasteiger partial charge on any atom is 0.291 e. The molecule has 0 bridgehead atoms. The number of aromatic nitrogens is 4. The molecule has 0 aliphatic rings.